The van der Waals surface area contributed by atoms with Gasteiger partial charge in [0, 0.05) is 35.4 Å². The number of carbonyl (C=O) groups excluding carboxylic acids is 1. The summed E-state index contributed by atoms with van der Waals surface area (Å²) >= 11 is 5.86. The number of hydrogen-bond donors (Lipinski definition) is 2. The molecule has 1 aliphatic rings. The molecule has 0 bridgehead atoms. The normalized spacial score (nSPS) is 15.3. The Hall–Kier alpha value is -2.99. The largest absolute Gasteiger partial charge is 0.326 e. The molecule has 3 aromatic rings. The maximum absolute atomic E-state index is 13.0. The van der Waals surface area contributed by atoms with Crippen LogP contribution in [0.3, 0.4) is 0 Å². The third-order valence-electron chi connectivity index (χ3n) is 6.01. The van der Waals surface area contributed by atoms with E-state index in [4.69, 9.17) is 11.6 Å². The first-order chi connectivity index (χ1) is 17.5. The minimum atomic E-state index is -3.89. The molecule has 0 spiro atoms. The summed E-state index contributed by atoms with van der Waals surface area (Å²) in [6.45, 7) is 0.473. The molecule has 0 unspecified atom stereocenters. The molecular weight excluding hydrogens is 541 g/mol. The molecule has 4 rings (SSSR count). The van der Waals surface area contributed by atoms with Gasteiger partial charge in [0.25, 0.3) is 10.0 Å². The summed E-state index contributed by atoms with van der Waals surface area (Å²) < 4.78 is 67.5. The van der Waals surface area contributed by atoms with Gasteiger partial charge in [0.05, 0.1) is 10.6 Å². The quantitative estimate of drug-likeness (QED) is 0.419. The maximum atomic E-state index is 13.0. The predicted octanol–water partition coefficient (Wildman–Crippen LogP) is 4.46. The molecule has 2 N–H and O–H groups in total. The molecule has 1 amide bonds. The minimum Gasteiger partial charge on any atom is -0.326 e. The van der Waals surface area contributed by atoms with E-state index in [-0.39, 0.29) is 41.3 Å². The number of hydrogen-bond acceptors (Lipinski definition) is 5. The predicted molar refractivity (Wildman–Crippen MR) is 141 cm³/mol. The number of piperidine rings is 1. The van der Waals surface area contributed by atoms with Crippen molar-refractivity contribution in [3.8, 4) is 0 Å². The van der Waals surface area contributed by atoms with Crippen molar-refractivity contribution in [3.63, 3.8) is 0 Å². The summed E-state index contributed by atoms with van der Waals surface area (Å²) in [4.78, 5) is 12.7. The van der Waals surface area contributed by atoms with Crippen LogP contribution in [0.1, 0.15) is 18.4 Å². The Kier molecular flexibility index (Phi) is 8.17. The van der Waals surface area contributed by atoms with Gasteiger partial charge in [-0.15, -0.1) is 0 Å². The van der Waals surface area contributed by atoms with Crippen molar-refractivity contribution in [1.82, 2.24) is 4.31 Å². The molecule has 1 heterocycles. The molecular formula is C25H25ClFN3O5S2. The van der Waals surface area contributed by atoms with Crippen LogP contribution >= 0.6 is 11.6 Å². The smallest absolute Gasteiger partial charge is 0.261 e. The lowest BCUT2D eigenvalue weighted by molar-refractivity contribution is -0.120. The molecule has 12 heteroatoms. The molecule has 0 aromatic heterocycles. The van der Waals surface area contributed by atoms with Gasteiger partial charge in [-0.25, -0.2) is 25.5 Å². The van der Waals surface area contributed by atoms with E-state index in [0.29, 0.717) is 29.1 Å². The van der Waals surface area contributed by atoms with Crippen LogP contribution in [0.4, 0.5) is 15.8 Å². The van der Waals surface area contributed by atoms with E-state index >= 15 is 0 Å². The second-order valence-corrected chi connectivity index (χ2v) is 12.8. The van der Waals surface area contributed by atoms with Gasteiger partial charge in [-0.1, -0.05) is 23.7 Å². The van der Waals surface area contributed by atoms with E-state index in [0.717, 1.165) is 12.1 Å². The summed E-state index contributed by atoms with van der Waals surface area (Å²) in [5, 5.41) is 3.30. The Balaban J connectivity index is 1.30. The molecule has 1 fully saturated rings. The Morgan fingerprint density at radius 3 is 2.03 bits per heavy atom. The fraction of sp³-hybridized carbons (Fsp3) is 0.240. The molecule has 0 atom stereocenters. The molecule has 0 saturated carbocycles. The fourth-order valence-corrected chi connectivity index (χ4v) is 6.72. The van der Waals surface area contributed by atoms with E-state index < -0.39 is 25.9 Å². The summed E-state index contributed by atoms with van der Waals surface area (Å²) in [7, 11) is -7.41. The van der Waals surface area contributed by atoms with Gasteiger partial charge < -0.3 is 5.32 Å². The van der Waals surface area contributed by atoms with Crippen LogP contribution in [-0.2, 0) is 30.6 Å². The van der Waals surface area contributed by atoms with E-state index in [1.54, 1.807) is 24.3 Å². The lowest BCUT2D eigenvalue weighted by atomic mass is 9.97. The number of sulfonamides is 2. The first-order valence-corrected chi connectivity index (χ1v) is 14.9. The summed E-state index contributed by atoms with van der Waals surface area (Å²) in [6, 6.07) is 17.2. The number of amides is 1. The fourth-order valence-electron chi connectivity index (χ4n) is 3.97. The third-order valence-corrected chi connectivity index (χ3v) is 9.51. The van der Waals surface area contributed by atoms with Crippen LogP contribution in [0.15, 0.2) is 77.7 Å². The third kappa shape index (κ3) is 7.07. The number of nitrogens with zero attached hydrogens (tertiary/aromatic N) is 1. The summed E-state index contributed by atoms with van der Waals surface area (Å²) in [5.41, 5.74) is 1.28. The van der Waals surface area contributed by atoms with Crippen LogP contribution < -0.4 is 10.0 Å². The van der Waals surface area contributed by atoms with Crippen LogP contribution in [0.5, 0.6) is 0 Å². The Morgan fingerprint density at radius 1 is 0.865 bits per heavy atom. The number of anilines is 2. The van der Waals surface area contributed by atoms with Gasteiger partial charge in [-0.2, -0.15) is 0 Å². The lowest BCUT2D eigenvalue weighted by Crippen LogP contribution is -2.41. The van der Waals surface area contributed by atoms with Gasteiger partial charge >= 0.3 is 0 Å². The van der Waals surface area contributed by atoms with Gasteiger partial charge in [0.2, 0.25) is 15.9 Å². The zero-order valence-electron chi connectivity index (χ0n) is 19.6. The first-order valence-electron chi connectivity index (χ1n) is 11.4. The van der Waals surface area contributed by atoms with Crippen LogP contribution in [-0.4, -0.2) is 40.1 Å². The zero-order valence-corrected chi connectivity index (χ0v) is 22.0. The topological polar surface area (TPSA) is 113 Å². The average Bonchev–Trinajstić information content (AvgIpc) is 2.87. The molecule has 0 aliphatic carbocycles. The van der Waals surface area contributed by atoms with Crippen LogP contribution in [0.25, 0.3) is 0 Å². The number of nitrogens with one attached hydrogen (secondary N) is 2. The van der Waals surface area contributed by atoms with Crippen molar-refractivity contribution < 1.29 is 26.0 Å². The maximum Gasteiger partial charge on any atom is 0.261 e. The molecule has 3 aromatic carbocycles. The van der Waals surface area contributed by atoms with Gasteiger partial charge in [-0.3, -0.25) is 9.52 Å². The second kappa shape index (κ2) is 11.2. The van der Waals surface area contributed by atoms with E-state index in [9.17, 15) is 26.0 Å². The first kappa shape index (κ1) is 27.1. The van der Waals surface area contributed by atoms with Crippen LogP contribution in [0, 0.1) is 11.7 Å². The number of halogens is 2. The van der Waals surface area contributed by atoms with E-state index in [1.807, 2.05) is 0 Å². The highest BCUT2D eigenvalue weighted by Crippen LogP contribution is 2.24. The molecule has 0 radical (unpaired) electrons. The average molecular weight is 566 g/mol. The summed E-state index contributed by atoms with van der Waals surface area (Å²) in [5.74, 6) is -1.24. The number of carbonyl (C=O) groups is 1. The Bertz CT molecular complexity index is 1460. The molecule has 1 saturated heterocycles. The van der Waals surface area contributed by atoms with Gasteiger partial charge in [-0.05, 0) is 79.1 Å². The van der Waals surface area contributed by atoms with Gasteiger partial charge in [0.15, 0.2) is 0 Å². The molecule has 37 heavy (non-hydrogen) atoms. The molecule has 196 valence electrons. The minimum absolute atomic E-state index is 0.0194. The Labute approximate surface area is 220 Å². The second-order valence-electron chi connectivity index (χ2n) is 8.68. The number of rotatable bonds is 8. The van der Waals surface area contributed by atoms with Crippen molar-refractivity contribution in [3.05, 3.63) is 89.2 Å². The van der Waals surface area contributed by atoms with E-state index in [1.165, 1.54) is 40.7 Å². The highest BCUT2D eigenvalue weighted by molar-refractivity contribution is 7.92. The zero-order chi connectivity index (χ0) is 26.6. The molecule has 8 nitrogen and oxygen atoms in total. The lowest BCUT2D eigenvalue weighted by Gasteiger charge is -2.30. The number of benzene rings is 3. The van der Waals surface area contributed by atoms with Gasteiger partial charge in [0.1, 0.15) is 5.82 Å². The SMILES string of the molecule is O=C(Nc1ccc(S(=O)(=O)Nc2ccc(F)cc2)cc1)C1CCN(S(=O)(=O)Cc2ccc(Cl)cc2)CC1. The van der Waals surface area contributed by atoms with Crippen molar-refractivity contribution in [2.75, 3.05) is 23.1 Å². The Morgan fingerprint density at radius 2 is 1.43 bits per heavy atom. The summed E-state index contributed by atoms with van der Waals surface area (Å²) in [6.07, 6.45) is 0.749. The monoisotopic (exact) mass is 565 g/mol. The van der Waals surface area contributed by atoms with E-state index in [2.05, 4.69) is 10.0 Å². The highest BCUT2D eigenvalue weighted by atomic mass is 35.5. The van der Waals surface area contributed by atoms with Crippen molar-refractivity contribution >= 4 is 48.9 Å². The highest BCUT2D eigenvalue weighted by Gasteiger charge is 2.31. The van der Waals surface area contributed by atoms with Crippen molar-refractivity contribution in [2.24, 2.45) is 5.92 Å². The standard InChI is InChI=1S/C25H25ClFN3O5S2/c26-20-3-1-18(2-4-20)17-36(32,33)30-15-13-19(14-16-30)25(31)28-22-9-11-24(12-10-22)37(34,35)29-23-7-5-21(27)6-8-23/h1-12,19,29H,13-17H2,(H,28,31). The van der Waals surface area contributed by atoms with Crippen molar-refractivity contribution in [2.45, 2.75) is 23.5 Å². The van der Waals surface area contributed by atoms with Crippen molar-refractivity contribution in [1.29, 1.82) is 0 Å². The molecule has 1 aliphatic heterocycles. The van der Waals surface area contributed by atoms with Crippen LogP contribution in [0.2, 0.25) is 5.02 Å².